The fourth-order valence-corrected chi connectivity index (χ4v) is 2.36. The van der Waals surface area contributed by atoms with Gasteiger partial charge in [-0.05, 0) is 32.1 Å². The fourth-order valence-electron chi connectivity index (χ4n) is 2.36. The van der Waals surface area contributed by atoms with Gasteiger partial charge < -0.3 is 4.90 Å². The summed E-state index contributed by atoms with van der Waals surface area (Å²) in [5.74, 6) is 0. The summed E-state index contributed by atoms with van der Waals surface area (Å²) >= 11 is 0. The number of rotatable bonds is 1. The zero-order chi connectivity index (χ0) is 11.8. The molecule has 2 aromatic rings. The highest BCUT2D eigenvalue weighted by Crippen LogP contribution is 2.18. The van der Waals surface area contributed by atoms with Crippen LogP contribution in [-0.2, 0) is 0 Å². The first-order valence-electron chi connectivity index (χ1n) is 5.76. The molecular weight excluding hydrogens is 216 g/mol. The van der Waals surface area contributed by atoms with Crippen LogP contribution in [0.15, 0.2) is 29.5 Å². The van der Waals surface area contributed by atoms with Crippen LogP contribution in [0.4, 0.5) is 0 Å². The minimum absolute atomic E-state index is 0.0316. The van der Waals surface area contributed by atoms with Gasteiger partial charge in [0.25, 0.3) is 5.56 Å². The first-order valence-corrected chi connectivity index (χ1v) is 5.76. The van der Waals surface area contributed by atoms with Crippen molar-refractivity contribution >= 4 is 11.0 Å². The predicted molar refractivity (Wildman–Crippen MR) is 64.9 cm³/mol. The molecule has 0 amide bonds. The average Bonchev–Trinajstić information content (AvgIpc) is 2.77. The number of nitrogens with zero attached hydrogens (tertiary/aromatic N) is 4. The first kappa shape index (κ1) is 10.4. The molecule has 0 spiro atoms. The minimum Gasteiger partial charge on any atom is -0.304 e. The number of fused-ring (bicyclic) bond motifs is 1. The van der Waals surface area contributed by atoms with Crippen molar-refractivity contribution in [2.45, 2.75) is 12.5 Å². The monoisotopic (exact) mass is 230 g/mol. The normalized spacial score (nSPS) is 21.1. The number of hydrogen-bond donors (Lipinski definition) is 0. The Morgan fingerprint density at radius 2 is 2.29 bits per heavy atom. The summed E-state index contributed by atoms with van der Waals surface area (Å²) in [6.45, 7) is 1.93. The van der Waals surface area contributed by atoms with Crippen molar-refractivity contribution in [3.05, 3.63) is 35.0 Å². The zero-order valence-corrected chi connectivity index (χ0v) is 9.71. The Morgan fingerprint density at radius 1 is 1.41 bits per heavy atom. The molecule has 0 N–H and O–H groups in total. The molecule has 1 atom stereocenters. The van der Waals surface area contributed by atoms with E-state index in [2.05, 4.69) is 21.9 Å². The molecule has 1 aliphatic heterocycles. The van der Waals surface area contributed by atoms with E-state index in [9.17, 15) is 4.79 Å². The summed E-state index contributed by atoms with van der Waals surface area (Å²) in [5.41, 5.74) is 1.10. The predicted octanol–water partition coefficient (Wildman–Crippen LogP) is 0.668. The van der Waals surface area contributed by atoms with E-state index in [0.29, 0.717) is 11.0 Å². The highest BCUT2D eigenvalue weighted by atomic mass is 16.1. The van der Waals surface area contributed by atoms with Crippen molar-refractivity contribution in [3.8, 4) is 0 Å². The Morgan fingerprint density at radius 3 is 3.06 bits per heavy atom. The van der Waals surface area contributed by atoms with Gasteiger partial charge in [0.2, 0.25) is 0 Å². The number of hydrogen-bond acceptors (Lipinski definition) is 4. The number of likely N-dealkylation sites (tertiary alicyclic amines) is 1. The van der Waals surface area contributed by atoms with Crippen molar-refractivity contribution in [2.75, 3.05) is 20.1 Å². The molecule has 17 heavy (non-hydrogen) atoms. The van der Waals surface area contributed by atoms with E-state index in [1.54, 1.807) is 23.2 Å². The van der Waals surface area contributed by atoms with Gasteiger partial charge in [0.1, 0.15) is 0 Å². The summed E-state index contributed by atoms with van der Waals surface area (Å²) in [6.07, 6.45) is 4.28. The van der Waals surface area contributed by atoms with E-state index >= 15 is 0 Å². The van der Waals surface area contributed by atoms with Gasteiger partial charge in [0, 0.05) is 12.7 Å². The van der Waals surface area contributed by atoms with Crippen LogP contribution in [0.3, 0.4) is 0 Å². The average molecular weight is 230 g/mol. The van der Waals surface area contributed by atoms with Crippen molar-refractivity contribution in [1.29, 1.82) is 0 Å². The minimum atomic E-state index is -0.0316. The smallest absolute Gasteiger partial charge is 0.280 e. The molecule has 0 aromatic carbocycles. The maximum atomic E-state index is 12.3. The van der Waals surface area contributed by atoms with Gasteiger partial charge in [-0.3, -0.25) is 9.36 Å². The molecule has 2 aromatic heterocycles. The maximum Gasteiger partial charge on any atom is 0.280 e. The third kappa shape index (κ3) is 1.72. The van der Waals surface area contributed by atoms with Crippen molar-refractivity contribution in [3.63, 3.8) is 0 Å². The maximum absolute atomic E-state index is 12.3. The largest absolute Gasteiger partial charge is 0.304 e. The lowest BCUT2D eigenvalue weighted by Crippen LogP contribution is -2.27. The molecule has 1 aliphatic rings. The Kier molecular flexibility index (Phi) is 2.40. The summed E-state index contributed by atoms with van der Waals surface area (Å²) in [5, 5.41) is 0. The molecule has 0 radical (unpaired) electrons. The second-order valence-corrected chi connectivity index (χ2v) is 4.53. The Balaban J connectivity index is 2.12. The molecule has 1 fully saturated rings. The van der Waals surface area contributed by atoms with Crippen LogP contribution in [0.1, 0.15) is 12.5 Å². The van der Waals surface area contributed by atoms with Crippen LogP contribution in [0, 0.1) is 0 Å². The molecule has 1 saturated heterocycles. The third-order valence-corrected chi connectivity index (χ3v) is 3.30. The number of pyridine rings is 1. The summed E-state index contributed by atoms with van der Waals surface area (Å²) in [6, 6.07) is 3.84. The molecule has 0 bridgehead atoms. The van der Waals surface area contributed by atoms with Gasteiger partial charge in [-0.2, -0.15) is 0 Å². The fraction of sp³-hybridized carbons (Fsp3) is 0.417. The van der Waals surface area contributed by atoms with E-state index in [1.807, 2.05) is 6.07 Å². The molecule has 5 heteroatoms. The van der Waals surface area contributed by atoms with Crippen LogP contribution in [0.25, 0.3) is 11.0 Å². The topological polar surface area (TPSA) is 51.0 Å². The molecule has 88 valence electrons. The van der Waals surface area contributed by atoms with Gasteiger partial charge in [0.05, 0.1) is 17.9 Å². The molecule has 3 rings (SSSR count). The van der Waals surface area contributed by atoms with E-state index in [0.717, 1.165) is 19.5 Å². The highest BCUT2D eigenvalue weighted by Gasteiger charge is 2.22. The van der Waals surface area contributed by atoms with Crippen LogP contribution < -0.4 is 5.56 Å². The Hall–Kier alpha value is -1.75. The third-order valence-electron chi connectivity index (χ3n) is 3.30. The number of aromatic nitrogens is 3. The standard InChI is InChI=1S/C12H14N4O/c1-15-6-4-9(7-15)16-8-14-10-3-2-5-13-11(10)12(16)17/h2-3,5,8-9H,4,6-7H2,1H3. The van der Waals surface area contributed by atoms with Crippen LogP contribution >= 0.6 is 0 Å². The Bertz CT molecular complexity index is 607. The van der Waals surface area contributed by atoms with Crippen LogP contribution in [0.2, 0.25) is 0 Å². The lowest BCUT2D eigenvalue weighted by molar-refractivity contribution is 0.389. The van der Waals surface area contributed by atoms with Crippen molar-refractivity contribution in [1.82, 2.24) is 19.4 Å². The van der Waals surface area contributed by atoms with Gasteiger partial charge in [-0.25, -0.2) is 9.97 Å². The second-order valence-electron chi connectivity index (χ2n) is 4.53. The van der Waals surface area contributed by atoms with Gasteiger partial charge in [-0.15, -0.1) is 0 Å². The molecule has 0 saturated carbocycles. The van der Waals surface area contributed by atoms with Gasteiger partial charge in [0.15, 0.2) is 5.52 Å². The first-order chi connectivity index (χ1) is 8.25. The van der Waals surface area contributed by atoms with E-state index < -0.39 is 0 Å². The van der Waals surface area contributed by atoms with Crippen LogP contribution in [0.5, 0.6) is 0 Å². The number of likely N-dealkylation sites (N-methyl/N-ethyl adjacent to an activating group) is 1. The Labute approximate surface area is 98.7 Å². The molecular formula is C12H14N4O. The second kappa shape index (κ2) is 3.92. The lowest BCUT2D eigenvalue weighted by atomic mass is 10.2. The van der Waals surface area contributed by atoms with Gasteiger partial charge >= 0.3 is 0 Å². The van der Waals surface area contributed by atoms with Gasteiger partial charge in [-0.1, -0.05) is 0 Å². The summed E-state index contributed by atoms with van der Waals surface area (Å²) < 4.78 is 1.72. The van der Waals surface area contributed by atoms with E-state index in [1.165, 1.54) is 0 Å². The van der Waals surface area contributed by atoms with E-state index in [-0.39, 0.29) is 11.6 Å². The SMILES string of the molecule is CN1CCC(n2cnc3cccnc3c2=O)C1. The highest BCUT2D eigenvalue weighted by molar-refractivity contribution is 5.71. The molecule has 3 heterocycles. The van der Waals surface area contributed by atoms with Crippen LogP contribution in [-0.4, -0.2) is 39.6 Å². The quantitative estimate of drug-likeness (QED) is 0.722. The van der Waals surface area contributed by atoms with E-state index in [4.69, 9.17) is 0 Å². The zero-order valence-electron chi connectivity index (χ0n) is 9.71. The summed E-state index contributed by atoms with van der Waals surface area (Å²) in [7, 11) is 2.07. The summed E-state index contributed by atoms with van der Waals surface area (Å²) in [4.78, 5) is 22.9. The van der Waals surface area contributed by atoms with Crippen molar-refractivity contribution < 1.29 is 0 Å². The molecule has 1 unspecified atom stereocenters. The molecule has 0 aliphatic carbocycles. The lowest BCUT2D eigenvalue weighted by Gasteiger charge is -2.13. The van der Waals surface area contributed by atoms with Crippen molar-refractivity contribution in [2.24, 2.45) is 0 Å². The molecule has 5 nitrogen and oxygen atoms in total.